The Morgan fingerprint density at radius 2 is 1.89 bits per heavy atom. The molecule has 0 amide bonds. The Bertz CT molecular complexity index is 239. The molecule has 0 aromatic rings. The summed E-state index contributed by atoms with van der Waals surface area (Å²) in [6.45, 7) is 11.1. The van der Waals surface area contributed by atoms with Crippen LogP contribution in [0.5, 0.6) is 0 Å². The van der Waals surface area contributed by atoms with Crippen LogP contribution in [0, 0.1) is 10.8 Å². The molecule has 18 heavy (non-hydrogen) atoms. The maximum Gasteiger partial charge on any atom is 0.0963 e. The lowest BCUT2D eigenvalue weighted by Crippen LogP contribution is -2.31. The molecule has 0 saturated carbocycles. The van der Waals surface area contributed by atoms with E-state index in [9.17, 15) is 0 Å². The van der Waals surface area contributed by atoms with Crippen LogP contribution in [0.1, 0.15) is 47.0 Å². The number of rotatable bonds is 10. The van der Waals surface area contributed by atoms with E-state index in [0.29, 0.717) is 11.9 Å². The van der Waals surface area contributed by atoms with Crippen molar-refractivity contribution in [3.8, 4) is 0 Å². The molecule has 0 fully saturated rings. The van der Waals surface area contributed by atoms with Gasteiger partial charge in [-0.3, -0.25) is 5.41 Å². The summed E-state index contributed by atoms with van der Waals surface area (Å²) >= 11 is 0. The van der Waals surface area contributed by atoms with Crippen molar-refractivity contribution in [1.82, 2.24) is 4.90 Å². The molecule has 0 aliphatic carbocycles. The summed E-state index contributed by atoms with van der Waals surface area (Å²) in [7, 11) is 2.12. The molecule has 0 aliphatic heterocycles. The van der Waals surface area contributed by atoms with E-state index in [0.717, 1.165) is 39.0 Å². The smallest absolute Gasteiger partial charge is 0.0963 e. The van der Waals surface area contributed by atoms with Gasteiger partial charge in [0.25, 0.3) is 0 Å². The number of nitrogens with two attached hydrogens (primary N) is 1. The molecule has 4 nitrogen and oxygen atoms in total. The van der Waals surface area contributed by atoms with Crippen molar-refractivity contribution >= 4 is 5.84 Å². The summed E-state index contributed by atoms with van der Waals surface area (Å²) < 4.78 is 5.52. The molecular formula is C14H31N3O. The Morgan fingerprint density at radius 1 is 1.28 bits per heavy atom. The van der Waals surface area contributed by atoms with E-state index in [-0.39, 0.29) is 5.41 Å². The van der Waals surface area contributed by atoms with Gasteiger partial charge in [-0.25, -0.2) is 0 Å². The maximum atomic E-state index is 7.50. The van der Waals surface area contributed by atoms with E-state index in [2.05, 4.69) is 25.8 Å². The zero-order valence-corrected chi connectivity index (χ0v) is 12.8. The van der Waals surface area contributed by atoms with Crippen LogP contribution in [0.15, 0.2) is 0 Å². The van der Waals surface area contributed by atoms with Gasteiger partial charge in [-0.05, 0) is 40.3 Å². The van der Waals surface area contributed by atoms with Crippen molar-refractivity contribution in [3.05, 3.63) is 0 Å². The fourth-order valence-corrected chi connectivity index (χ4v) is 1.64. The Morgan fingerprint density at radius 3 is 2.39 bits per heavy atom. The first-order valence-electron chi connectivity index (χ1n) is 6.90. The van der Waals surface area contributed by atoms with E-state index in [1.807, 2.05) is 13.8 Å². The van der Waals surface area contributed by atoms with Gasteiger partial charge in [-0.2, -0.15) is 0 Å². The average molecular weight is 257 g/mol. The average Bonchev–Trinajstić information content (AvgIpc) is 2.23. The number of likely N-dealkylation sites (N-methyl/N-ethyl adjacent to an activating group) is 1. The standard InChI is InChI=1S/C14H31N3O/c1-12(2)18-11-10-17(5)9-7-6-8-14(3,4)13(15)16/h12H,6-11H2,1-5H3,(H3,15,16). The van der Waals surface area contributed by atoms with E-state index < -0.39 is 0 Å². The lowest BCUT2D eigenvalue weighted by atomic mass is 9.86. The first kappa shape index (κ1) is 17.4. The number of hydrogen-bond donors (Lipinski definition) is 2. The second-order valence-corrected chi connectivity index (χ2v) is 5.98. The molecule has 108 valence electrons. The molecular weight excluding hydrogens is 226 g/mol. The van der Waals surface area contributed by atoms with E-state index in [1.165, 1.54) is 0 Å². The topological polar surface area (TPSA) is 62.3 Å². The summed E-state index contributed by atoms with van der Waals surface area (Å²) in [6, 6.07) is 0. The Labute approximate surface area is 112 Å². The van der Waals surface area contributed by atoms with Crippen molar-refractivity contribution in [2.45, 2.75) is 53.1 Å². The fourth-order valence-electron chi connectivity index (χ4n) is 1.64. The van der Waals surface area contributed by atoms with Crippen molar-refractivity contribution in [2.24, 2.45) is 11.1 Å². The molecule has 3 N–H and O–H groups in total. The van der Waals surface area contributed by atoms with Crippen LogP contribution < -0.4 is 5.73 Å². The first-order valence-corrected chi connectivity index (χ1v) is 6.90. The summed E-state index contributed by atoms with van der Waals surface area (Å²) in [6.07, 6.45) is 3.56. The van der Waals surface area contributed by atoms with Crippen LogP contribution in [0.4, 0.5) is 0 Å². The molecule has 0 aromatic carbocycles. The van der Waals surface area contributed by atoms with Crippen LogP contribution in [0.2, 0.25) is 0 Å². The zero-order chi connectivity index (χ0) is 14.2. The third-order valence-electron chi connectivity index (χ3n) is 3.24. The number of nitrogens with zero attached hydrogens (tertiary/aromatic N) is 1. The Balaban J connectivity index is 3.57. The van der Waals surface area contributed by atoms with Gasteiger partial charge in [0.05, 0.1) is 18.5 Å². The molecule has 0 unspecified atom stereocenters. The number of unbranched alkanes of at least 4 members (excludes halogenated alkanes) is 1. The molecule has 0 aromatic heterocycles. The largest absolute Gasteiger partial charge is 0.387 e. The highest BCUT2D eigenvalue weighted by atomic mass is 16.5. The van der Waals surface area contributed by atoms with Crippen LogP contribution >= 0.6 is 0 Å². The van der Waals surface area contributed by atoms with Crippen LogP contribution in [-0.4, -0.2) is 43.6 Å². The van der Waals surface area contributed by atoms with Crippen LogP contribution in [-0.2, 0) is 4.74 Å². The SMILES string of the molecule is CC(C)OCCN(C)CCCCC(C)(C)C(=N)N. The molecule has 0 radical (unpaired) electrons. The lowest BCUT2D eigenvalue weighted by molar-refractivity contribution is 0.0635. The third kappa shape index (κ3) is 8.48. The van der Waals surface area contributed by atoms with Crippen LogP contribution in [0.25, 0.3) is 0 Å². The quantitative estimate of drug-likeness (QED) is 0.359. The van der Waals surface area contributed by atoms with E-state index in [1.54, 1.807) is 0 Å². The van der Waals surface area contributed by atoms with Crippen molar-refractivity contribution in [1.29, 1.82) is 5.41 Å². The molecule has 0 spiro atoms. The highest BCUT2D eigenvalue weighted by Gasteiger charge is 2.20. The minimum absolute atomic E-state index is 0.153. The molecule has 0 heterocycles. The molecule has 0 aliphatic rings. The van der Waals surface area contributed by atoms with Gasteiger partial charge in [-0.15, -0.1) is 0 Å². The van der Waals surface area contributed by atoms with Gasteiger partial charge < -0.3 is 15.4 Å². The highest BCUT2D eigenvalue weighted by Crippen LogP contribution is 2.22. The summed E-state index contributed by atoms with van der Waals surface area (Å²) in [4.78, 5) is 2.29. The number of nitrogens with one attached hydrogen (secondary N) is 1. The number of hydrogen-bond acceptors (Lipinski definition) is 3. The summed E-state index contributed by atoms with van der Waals surface area (Å²) in [5, 5.41) is 7.50. The summed E-state index contributed by atoms with van der Waals surface area (Å²) in [5.74, 6) is 0.293. The lowest BCUT2D eigenvalue weighted by Gasteiger charge is -2.23. The molecule has 0 bridgehead atoms. The molecule has 0 atom stereocenters. The van der Waals surface area contributed by atoms with Crippen molar-refractivity contribution in [2.75, 3.05) is 26.7 Å². The second kappa shape index (κ2) is 8.48. The highest BCUT2D eigenvalue weighted by molar-refractivity contribution is 5.82. The Hall–Kier alpha value is -0.610. The van der Waals surface area contributed by atoms with E-state index >= 15 is 0 Å². The minimum Gasteiger partial charge on any atom is -0.387 e. The van der Waals surface area contributed by atoms with Gasteiger partial charge in [0.2, 0.25) is 0 Å². The number of ether oxygens (including phenoxy) is 1. The first-order chi connectivity index (χ1) is 8.25. The minimum atomic E-state index is -0.153. The van der Waals surface area contributed by atoms with Crippen molar-refractivity contribution in [3.63, 3.8) is 0 Å². The zero-order valence-electron chi connectivity index (χ0n) is 12.8. The van der Waals surface area contributed by atoms with Gasteiger partial charge in [0, 0.05) is 12.0 Å². The fraction of sp³-hybridized carbons (Fsp3) is 0.929. The predicted molar refractivity (Wildman–Crippen MR) is 78.1 cm³/mol. The van der Waals surface area contributed by atoms with Gasteiger partial charge in [-0.1, -0.05) is 20.3 Å². The van der Waals surface area contributed by atoms with E-state index in [4.69, 9.17) is 15.9 Å². The third-order valence-corrected chi connectivity index (χ3v) is 3.24. The Kier molecular flexibility index (Phi) is 8.20. The monoisotopic (exact) mass is 257 g/mol. The molecule has 4 heteroatoms. The molecule has 0 rings (SSSR count). The maximum absolute atomic E-state index is 7.50. The van der Waals surface area contributed by atoms with Crippen LogP contribution in [0.3, 0.4) is 0 Å². The second-order valence-electron chi connectivity index (χ2n) is 5.98. The normalized spacial score (nSPS) is 12.4. The summed E-state index contributed by atoms with van der Waals surface area (Å²) in [5.41, 5.74) is 5.41. The van der Waals surface area contributed by atoms with Gasteiger partial charge in [0.1, 0.15) is 0 Å². The predicted octanol–water partition coefficient (Wildman–Crippen LogP) is 2.48. The number of amidine groups is 1. The van der Waals surface area contributed by atoms with Crippen molar-refractivity contribution < 1.29 is 4.74 Å². The molecule has 0 saturated heterocycles. The van der Waals surface area contributed by atoms with Gasteiger partial charge in [0.15, 0.2) is 0 Å². The van der Waals surface area contributed by atoms with Gasteiger partial charge >= 0.3 is 0 Å².